The fourth-order valence-corrected chi connectivity index (χ4v) is 4.88. The van der Waals surface area contributed by atoms with Crippen molar-refractivity contribution in [3.8, 4) is 5.75 Å². The lowest BCUT2D eigenvalue weighted by molar-refractivity contribution is 0.121. The van der Waals surface area contributed by atoms with Gasteiger partial charge in [0.05, 0.1) is 39.2 Å². The largest absolute Gasteiger partial charge is 0.493 e. The van der Waals surface area contributed by atoms with Crippen molar-refractivity contribution in [1.29, 1.82) is 0 Å². The van der Waals surface area contributed by atoms with E-state index in [1.54, 1.807) is 18.0 Å². The molecule has 3 aromatic rings. The van der Waals surface area contributed by atoms with Gasteiger partial charge in [-0.2, -0.15) is 15.1 Å². The smallest absolute Gasteiger partial charge is 0.229 e. The monoisotopic (exact) mass is 534 g/mol. The van der Waals surface area contributed by atoms with Crippen molar-refractivity contribution < 1.29 is 14.2 Å². The molecule has 10 heteroatoms. The molecule has 1 aromatic heterocycles. The Morgan fingerprint density at radius 1 is 0.947 bits per heavy atom. The minimum absolute atomic E-state index is 0.632. The van der Waals surface area contributed by atoms with Crippen LogP contribution in [0.2, 0.25) is 0 Å². The highest BCUT2D eigenvalue weighted by Gasteiger charge is 2.19. The number of thioether (sulfide) groups is 1. The number of nitrogens with zero attached hydrogens (tertiary/aromatic N) is 5. The third kappa shape index (κ3) is 7.59. The van der Waals surface area contributed by atoms with Gasteiger partial charge in [-0.1, -0.05) is 29.8 Å². The van der Waals surface area contributed by atoms with E-state index in [-0.39, 0.29) is 0 Å². The lowest BCUT2D eigenvalue weighted by Crippen LogP contribution is -2.39. The van der Waals surface area contributed by atoms with Crippen LogP contribution in [0.4, 0.5) is 17.6 Å². The summed E-state index contributed by atoms with van der Waals surface area (Å²) in [5.41, 5.74) is 5.32. The third-order valence-electron chi connectivity index (χ3n) is 6.22. The van der Waals surface area contributed by atoms with Crippen molar-refractivity contribution in [1.82, 2.24) is 9.97 Å². The number of hydrogen-bond donors (Lipinski definition) is 1. The van der Waals surface area contributed by atoms with Crippen LogP contribution in [-0.2, 0) is 9.47 Å². The lowest BCUT2D eigenvalue weighted by Gasteiger charge is -2.31. The molecule has 0 atom stereocenters. The summed E-state index contributed by atoms with van der Waals surface area (Å²) >= 11 is 1.79. The SMILES string of the molecule is Cc1ccc(SCCOc2cccc(/C=N\Nc3cc(N4CCOCC4)nc(N4CCOCC4)n3)c2)cc1. The number of hydrogen-bond acceptors (Lipinski definition) is 10. The van der Waals surface area contributed by atoms with Crippen molar-refractivity contribution in [3.05, 3.63) is 65.7 Å². The van der Waals surface area contributed by atoms with Gasteiger partial charge in [-0.3, -0.25) is 5.43 Å². The first-order valence-corrected chi connectivity index (χ1v) is 14.0. The van der Waals surface area contributed by atoms with Crippen molar-refractivity contribution >= 4 is 35.6 Å². The highest BCUT2D eigenvalue weighted by Crippen LogP contribution is 2.23. The van der Waals surface area contributed by atoms with E-state index in [1.165, 1.54) is 10.5 Å². The number of morpholine rings is 2. The molecule has 2 fully saturated rings. The van der Waals surface area contributed by atoms with E-state index in [9.17, 15) is 0 Å². The normalized spacial score (nSPS) is 16.1. The van der Waals surface area contributed by atoms with Gasteiger partial charge in [0.1, 0.15) is 11.6 Å². The van der Waals surface area contributed by atoms with E-state index >= 15 is 0 Å². The molecule has 0 saturated carbocycles. The third-order valence-corrected chi connectivity index (χ3v) is 7.20. The van der Waals surface area contributed by atoms with Crippen molar-refractivity contribution in [2.45, 2.75) is 11.8 Å². The fraction of sp³-hybridized carbons (Fsp3) is 0.393. The minimum atomic E-state index is 0.632. The average Bonchev–Trinajstić information content (AvgIpc) is 2.97. The van der Waals surface area contributed by atoms with Gasteiger partial charge in [0.15, 0.2) is 5.82 Å². The Bertz CT molecular complexity index is 1160. The second-order valence-corrected chi connectivity index (χ2v) is 10.2. The van der Waals surface area contributed by atoms with Gasteiger partial charge in [0.25, 0.3) is 0 Å². The maximum atomic E-state index is 5.97. The highest BCUT2D eigenvalue weighted by molar-refractivity contribution is 7.99. The molecular formula is C28H34N6O3S. The molecule has 38 heavy (non-hydrogen) atoms. The van der Waals surface area contributed by atoms with Crippen LogP contribution >= 0.6 is 11.8 Å². The lowest BCUT2D eigenvalue weighted by atomic mass is 10.2. The summed E-state index contributed by atoms with van der Waals surface area (Å²) in [4.78, 5) is 15.2. The van der Waals surface area contributed by atoms with E-state index in [0.717, 1.165) is 49.1 Å². The van der Waals surface area contributed by atoms with Crippen LogP contribution in [0.25, 0.3) is 0 Å². The molecule has 1 N–H and O–H groups in total. The van der Waals surface area contributed by atoms with E-state index in [0.29, 0.717) is 44.8 Å². The van der Waals surface area contributed by atoms with Gasteiger partial charge in [-0.05, 0) is 36.8 Å². The molecule has 0 aliphatic carbocycles. The van der Waals surface area contributed by atoms with Gasteiger partial charge >= 0.3 is 0 Å². The number of rotatable bonds is 10. The molecule has 0 spiro atoms. The Morgan fingerprint density at radius 2 is 1.68 bits per heavy atom. The molecule has 0 bridgehead atoms. The molecular weight excluding hydrogens is 500 g/mol. The molecule has 9 nitrogen and oxygen atoms in total. The number of ether oxygens (including phenoxy) is 3. The van der Waals surface area contributed by atoms with E-state index in [1.807, 2.05) is 30.3 Å². The molecule has 2 aliphatic rings. The highest BCUT2D eigenvalue weighted by atomic mass is 32.2. The Morgan fingerprint density at radius 3 is 2.45 bits per heavy atom. The summed E-state index contributed by atoms with van der Waals surface area (Å²) in [6.45, 7) is 8.62. The zero-order valence-corrected chi connectivity index (χ0v) is 22.5. The second-order valence-electron chi connectivity index (χ2n) is 9.06. The summed E-state index contributed by atoms with van der Waals surface area (Å²) in [5.74, 6) is 3.92. The van der Waals surface area contributed by atoms with Gasteiger partial charge in [-0.25, -0.2) is 0 Å². The molecule has 2 aromatic carbocycles. The van der Waals surface area contributed by atoms with Gasteiger partial charge in [0, 0.05) is 42.9 Å². The number of aromatic nitrogens is 2. The summed E-state index contributed by atoms with van der Waals surface area (Å²) in [6, 6.07) is 18.4. The van der Waals surface area contributed by atoms with Crippen molar-refractivity contribution in [2.75, 3.05) is 80.2 Å². The van der Waals surface area contributed by atoms with Gasteiger partial charge in [-0.15, -0.1) is 11.8 Å². The average molecular weight is 535 g/mol. The van der Waals surface area contributed by atoms with Crippen LogP contribution in [0.3, 0.4) is 0 Å². The molecule has 3 heterocycles. The number of benzene rings is 2. The molecule has 200 valence electrons. The van der Waals surface area contributed by atoms with Crippen LogP contribution in [0.1, 0.15) is 11.1 Å². The van der Waals surface area contributed by atoms with E-state index < -0.39 is 0 Å². The van der Waals surface area contributed by atoms with Crippen LogP contribution in [0.5, 0.6) is 5.75 Å². The van der Waals surface area contributed by atoms with Crippen LogP contribution in [0.15, 0.2) is 64.6 Å². The molecule has 2 saturated heterocycles. The molecule has 0 unspecified atom stereocenters. The fourth-order valence-electron chi connectivity index (χ4n) is 4.15. The number of aryl methyl sites for hydroxylation is 1. The zero-order chi connectivity index (χ0) is 26.0. The Balaban J connectivity index is 1.19. The predicted octanol–water partition coefficient (Wildman–Crippen LogP) is 4.08. The topological polar surface area (TPSA) is 84.3 Å². The van der Waals surface area contributed by atoms with Crippen molar-refractivity contribution in [2.24, 2.45) is 5.10 Å². The summed E-state index contributed by atoms with van der Waals surface area (Å²) < 4.78 is 17.0. The van der Waals surface area contributed by atoms with E-state index in [4.69, 9.17) is 24.2 Å². The minimum Gasteiger partial charge on any atom is -0.493 e. The Labute approximate surface area is 228 Å². The number of anilines is 3. The molecule has 2 aliphatic heterocycles. The molecule has 5 rings (SSSR count). The van der Waals surface area contributed by atoms with E-state index in [2.05, 4.69) is 51.5 Å². The molecule has 0 amide bonds. The summed E-state index contributed by atoms with van der Waals surface area (Å²) in [5, 5.41) is 4.46. The number of nitrogens with one attached hydrogen (secondary N) is 1. The standard InChI is InChI=1S/C28H34N6O3S/c1-22-5-7-25(8-6-22)38-18-17-37-24-4-2-3-23(19-24)21-29-32-26-20-27(33-9-13-35-14-10-33)31-28(30-26)34-11-15-36-16-12-34/h2-8,19-21H,9-18H2,1H3,(H,30,31,32)/b29-21-. The summed E-state index contributed by atoms with van der Waals surface area (Å²) in [7, 11) is 0. The first-order chi connectivity index (χ1) is 18.7. The Hall–Kier alpha value is -3.34. The number of hydrazone groups is 1. The zero-order valence-electron chi connectivity index (χ0n) is 21.7. The first-order valence-electron chi connectivity index (χ1n) is 13.0. The maximum Gasteiger partial charge on any atom is 0.229 e. The Kier molecular flexibility index (Phi) is 9.30. The maximum absolute atomic E-state index is 5.97. The van der Waals surface area contributed by atoms with Crippen LogP contribution in [0, 0.1) is 6.92 Å². The predicted molar refractivity (Wildman–Crippen MR) is 153 cm³/mol. The van der Waals surface area contributed by atoms with Gasteiger partial charge in [0.2, 0.25) is 5.95 Å². The van der Waals surface area contributed by atoms with Gasteiger partial charge < -0.3 is 24.0 Å². The molecule has 0 radical (unpaired) electrons. The first kappa shape index (κ1) is 26.3. The van der Waals surface area contributed by atoms with Crippen LogP contribution in [-0.4, -0.2) is 81.1 Å². The second kappa shape index (κ2) is 13.5. The summed E-state index contributed by atoms with van der Waals surface area (Å²) in [6.07, 6.45) is 1.78. The quantitative estimate of drug-likeness (QED) is 0.179. The van der Waals surface area contributed by atoms with Crippen molar-refractivity contribution in [3.63, 3.8) is 0 Å². The van der Waals surface area contributed by atoms with Crippen LogP contribution < -0.4 is 20.0 Å².